The normalized spacial score (nSPS) is 17.8. The molecule has 1 aliphatic rings. The van der Waals surface area contributed by atoms with Crippen molar-refractivity contribution in [3.63, 3.8) is 0 Å². The molecule has 0 spiro atoms. The molecule has 0 bridgehead atoms. The molecule has 2 rings (SSSR count). The van der Waals surface area contributed by atoms with Crippen LogP contribution in [0, 0.1) is 5.41 Å². The SMILES string of the molecule is CCCNc1nc(N)c(C(=O)N2CCC(C)(CC)CC2)s1. The van der Waals surface area contributed by atoms with Crippen LogP contribution in [0.25, 0.3) is 0 Å². The van der Waals surface area contributed by atoms with Crippen LogP contribution in [0.15, 0.2) is 0 Å². The Labute approximate surface area is 130 Å². The van der Waals surface area contributed by atoms with E-state index in [1.807, 2.05) is 4.90 Å². The van der Waals surface area contributed by atoms with E-state index in [1.54, 1.807) is 0 Å². The molecule has 0 aliphatic carbocycles. The van der Waals surface area contributed by atoms with Gasteiger partial charge in [0.2, 0.25) is 0 Å². The van der Waals surface area contributed by atoms with Gasteiger partial charge < -0.3 is 16.0 Å². The summed E-state index contributed by atoms with van der Waals surface area (Å²) in [5.41, 5.74) is 6.29. The summed E-state index contributed by atoms with van der Waals surface area (Å²) in [5.74, 6) is 0.389. The Morgan fingerprint density at radius 1 is 1.43 bits per heavy atom. The first kappa shape index (κ1) is 16.1. The number of carbonyl (C=O) groups excluding carboxylic acids is 1. The predicted octanol–water partition coefficient (Wildman–Crippen LogP) is 3.20. The molecule has 1 aliphatic heterocycles. The largest absolute Gasteiger partial charge is 0.382 e. The Morgan fingerprint density at radius 3 is 2.67 bits per heavy atom. The number of likely N-dealkylation sites (tertiary alicyclic amines) is 1. The van der Waals surface area contributed by atoms with Gasteiger partial charge in [-0.05, 0) is 24.7 Å². The number of nitrogens with zero attached hydrogens (tertiary/aromatic N) is 2. The second-order valence-electron chi connectivity index (χ2n) is 6.12. The average Bonchev–Trinajstić information content (AvgIpc) is 2.86. The first-order valence-corrected chi connectivity index (χ1v) is 8.60. The minimum atomic E-state index is 0.0349. The molecular weight excluding hydrogens is 284 g/mol. The molecule has 1 saturated heterocycles. The van der Waals surface area contributed by atoms with E-state index in [2.05, 4.69) is 31.1 Å². The van der Waals surface area contributed by atoms with Gasteiger partial charge in [0.15, 0.2) is 5.13 Å². The number of amides is 1. The van der Waals surface area contributed by atoms with Crippen LogP contribution < -0.4 is 11.1 Å². The minimum Gasteiger partial charge on any atom is -0.382 e. The summed E-state index contributed by atoms with van der Waals surface area (Å²) in [6, 6.07) is 0. The molecule has 0 atom stereocenters. The lowest BCUT2D eigenvalue weighted by atomic mass is 9.78. The van der Waals surface area contributed by atoms with Gasteiger partial charge in [-0.15, -0.1) is 0 Å². The summed E-state index contributed by atoms with van der Waals surface area (Å²) >= 11 is 1.37. The smallest absolute Gasteiger partial charge is 0.267 e. The van der Waals surface area contributed by atoms with Crippen LogP contribution >= 0.6 is 11.3 Å². The fraction of sp³-hybridized carbons (Fsp3) is 0.733. The minimum absolute atomic E-state index is 0.0349. The molecule has 0 unspecified atom stereocenters. The van der Waals surface area contributed by atoms with Crippen molar-refractivity contribution in [3.05, 3.63) is 4.88 Å². The number of nitrogen functional groups attached to an aromatic ring is 1. The van der Waals surface area contributed by atoms with Crippen molar-refractivity contribution in [2.24, 2.45) is 5.41 Å². The maximum atomic E-state index is 12.6. The first-order chi connectivity index (χ1) is 9.99. The van der Waals surface area contributed by atoms with Crippen LogP contribution in [0.4, 0.5) is 10.9 Å². The molecule has 3 N–H and O–H groups in total. The molecular formula is C15H26N4OS. The van der Waals surface area contributed by atoms with Crippen molar-refractivity contribution in [1.29, 1.82) is 0 Å². The number of carbonyl (C=O) groups is 1. The maximum Gasteiger partial charge on any atom is 0.267 e. The maximum absolute atomic E-state index is 12.6. The zero-order chi connectivity index (χ0) is 15.5. The van der Waals surface area contributed by atoms with Gasteiger partial charge in [-0.2, -0.15) is 0 Å². The molecule has 1 amide bonds. The van der Waals surface area contributed by atoms with Gasteiger partial charge in [-0.25, -0.2) is 4.98 Å². The van der Waals surface area contributed by atoms with Gasteiger partial charge in [0.1, 0.15) is 10.7 Å². The van der Waals surface area contributed by atoms with Gasteiger partial charge in [0.25, 0.3) is 5.91 Å². The zero-order valence-corrected chi connectivity index (χ0v) is 14.1. The molecule has 21 heavy (non-hydrogen) atoms. The van der Waals surface area contributed by atoms with Crippen LogP contribution in [-0.4, -0.2) is 35.4 Å². The number of rotatable bonds is 5. The third kappa shape index (κ3) is 3.67. The number of nitrogens with two attached hydrogens (primary N) is 1. The van der Waals surface area contributed by atoms with E-state index in [1.165, 1.54) is 17.8 Å². The second-order valence-corrected chi connectivity index (χ2v) is 7.12. The van der Waals surface area contributed by atoms with Crippen molar-refractivity contribution in [2.75, 3.05) is 30.7 Å². The summed E-state index contributed by atoms with van der Waals surface area (Å²) in [6.45, 7) is 9.11. The van der Waals surface area contributed by atoms with Gasteiger partial charge in [0, 0.05) is 19.6 Å². The fourth-order valence-corrected chi connectivity index (χ4v) is 3.42. The molecule has 1 aromatic heterocycles. The molecule has 1 aromatic rings. The average molecular weight is 310 g/mol. The summed E-state index contributed by atoms with van der Waals surface area (Å²) in [7, 11) is 0. The highest BCUT2D eigenvalue weighted by atomic mass is 32.1. The van der Waals surface area contributed by atoms with Crippen LogP contribution in [0.3, 0.4) is 0 Å². The van der Waals surface area contributed by atoms with Gasteiger partial charge in [-0.3, -0.25) is 4.79 Å². The summed E-state index contributed by atoms with van der Waals surface area (Å²) in [5, 5.41) is 3.94. The fourth-order valence-electron chi connectivity index (χ4n) is 2.54. The molecule has 5 nitrogen and oxygen atoms in total. The Bertz CT molecular complexity index is 492. The Kier molecular flexibility index (Phi) is 5.08. The van der Waals surface area contributed by atoms with Crippen molar-refractivity contribution < 1.29 is 4.79 Å². The van der Waals surface area contributed by atoms with E-state index in [0.29, 0.717) is 16.1 Å². The number of nitrogens with one attached hydrogen (secondary N) is 1. The van der Waals surface area contributed by atoms with E-state index in [-0.39, 0.29) is 5.91 Å². The molecule has 0 radical (unpaired) electrons. The van der Waals surface area contributed by atoms with Crippen LogP contribution in [0.1, 0.15) is 56.1 Å². The molecule has 2 heterocycles. The summed E-state index contributed by atoms with van der Waals surface area (Å²) in [6.07, 6.45) is 4.32. The van der Waals surface area contributed by atoms with E-state index in [0.717, 1.165) is 44.0 Å². The van der Waals surface area contributed by atoms with E-state index < -0.39 is 0 Å². The van der Waals surface area contributed by atoms with Crippen LogP contribution in [0.2, 0.25) is 0 Å². The number of thiazole rings is 1. The summed E-state index contributed by atoms with van der Waals surface area (Å²) in [4.78, 5) is 19.3. The lowest BCUT2D eigenvalue weighted by Crippen LogP contribution is -2.41. The number of hydrogen-bond acceptors (Lipinski definition) is 5. The number of anilines is 2. The van der Waals surface area contributed by atoms with Crippen molar-refractivity contribution in [3.8, 4) is 0 Å². The quantitative estimate of drug-likeness (QED) is 0.876. The lowest BCUT2D eigenvalue weighted by Gasteiger charge is -2.38. The van der Waals surface area contributed by atoms with Gasteiger partial charge in [-0.1, -0.05) is 38.5 Å². The highest BCUT2D eigenvalue weighted by molar-refractivity contribution is 7.18. The number of aromatic nitrogens is 1. The van der Waals surface area contributed by atoms with E-state index >= 15 is 0 Å². The van der Waals surface area contributed by atoms with Gasteiger partial charge >= 0.3 is 0 Å². The van der Waals surface area contributed by atoms with Crippen molar-refractivity contribution in [1.82, 2.24) is 9.88 Å². The monoisotopic (exact) mass is 310 g/mol. The Hall–Kier alpha value is -1.30. The Morgan fingerprint density at radius 2 is 2.10 bits per heavy atom. The first-order valence-electron chi connectivity index (χ1n) is 7.78. The zero-order valence-electron chi connectivity index (χ0n) is 13.2. The van der Waals surface area contributed by atoms with E-state index in [4.69, 9.17) is 5.73 Å². The molecule has 0 aromatic carbocycles. The lowest BCUT2D eigenvalue weighted by molar-refractivity contribution is 0.0606. The summed E-state index contributed by atoms with van der Waals surface area (Å²) < 4.78 is 0. The Balaban J connectivity index is 2.02. The third-order valence-electron chi connectivity index (χ3n) is 4.49. The molecule has 1 fully saturated rings. The van der Waals surface area contributed by atoms with E-state index in [9.17, 15) is 4.79 Å². The predicted molar refractivity (Wildman–Crippen MR) is 88.8 cm³/mol. The van der Waals surface area contributed by atoms with Crippen LogP contribution in [-0.2, 0) is 0 Å². The molecule has 118 valence electrons. The highest BCUT2D eigenvalue weighted by Gasteiger charge is 2.32. The number of piperidine rings is 1. The third-order valence-corrected chi connectivity index (χ3v) is 5.50. The second kappa shape index (κ2) is 6.64. The highest BCUT2D eigenvalue weighted by Crippen LogP contribution is 2.35. The van der Waals surface area contributed by atoms with Crippen LogP contribution in [0.5, 0.6) is 0 Å². The number of hydrogen-bond donors (Lipinski definition) is 2. The van der Waals surface area contributed by atoms with Crippen molar-refractivity contribution >= 4 is 28.2 Å². The van der Waals surface area contributed by atoms with Crippen molar-refractivity contribution in [2.45, 2.75) is 46.5 Å². The standard InChI is InChI=1S/C15H26N4OS/c1-4-8-17-14-18-12(16)11(21-14)13(20)19-9-6-15(3,5-2)7-10-19/h4-10,16H2,1-3H3,(H,17,18). The molecule has 0 saturated carbocycles. The topological polar surface area (TPSA) is 71.2 Å². The van der Waals surface area contributed by atoms with Gasteiger partial charge in [0.05, 0.1) is 0 Å². The molecule has 6 heteroatoms.